The van der Waals surface area contributed by atoms with E-state index >= 15 is 0 Å². The summed E-state index contributed by atoms with van der Waals surface area (Å²) in [6, 6.07) is 1.40. The number of nitrogens with one attached hydrogen (secondary N) is 1. The van der Waals surface area contributed by atoms with Gasteiger partial charge in [-0.2, -0.15) is 0 Å². The molecule has 0 bridgehead atoms. The van der Waals surface area contributed by atoms with Gasteiger partial charge in [0.1, 0.15) is 0 Å². The minimum absolute atomic E-state index is 0.0146. The Bertz CT molecular complexity index is 229. The van der Waals surface area contributed by atoms with E-state index < -0.39 is 0 Å². The summed E-state index contributed by atoms with van der Waals surface area (Å²) in [7, 11) is 2.06. The highest BCUT2D eigenvalue weighted by atomic mass is 16.5. The Balaban J connectivity index is 1.85. The average Bonchev–Trinajstić information content (AvgIpc) is 2.38. The van der Waals surface area contributed by atoms with Crippen molar-refractivity contribution in [2.75, 3.05) is 26.7 Å². The lowest BCUT2D eigenvalue weighted by Crippen LogP contribution is -2.53. The molecule has 4 heteroatoms. The van der Waals surface area contributed by atoms with Crippen molar-refractivity contribution in [1.29, 1.82) is 0 Å². The predicted molar refractivity (Wildman–Crippen MR) is 68.1 cm³/mol. The number of morpholine rings is 1. The van der Waals surface area contributed by atoms with Crippen LogP contribution in [0.2, 0.25) is 0 Å². The highest BCUT2D eigenvalue weighted by molar-refractivity contribution is 4.86. The van der Waals surface area contributed by atoms with Gasteiger partial charge in [0.05, 0.1) is 18.8 Å². The first-order valence-corrected chi connectivity index (χ1v) is 6.90. The van der Waals surface area contributed by atoms with Crippen LogP contribution in [0.5, 0.6) is 0 Å². The number of aliphatic hydroxyl groups excluding tert-OH is 1. The van der Waals surface area contributed by atoms with Crippen molar-refractivity contribution in [2.24, 2.45) is 0 Å². The zero-order valence-corrected chi connectivity index (χ0v) is 11.1. The zero-order valence-electron chi connectivity index (χ0n) is 11.1. The Morgan fingerprint density at radius 1 is 1.24 bits per heavy atom. The van der Waals surface area contributed by atoms with E-state index in [4.69, 9.17) is 4.74 Å². The molecule has 2 N–H and O–H groups in total. The second-order valence-corrected chi connectivity index (χ2v) is 5.50. The maximum absolute atomic E-state index is 9.24. The summed E-state index contributed by atoms with van der Waals surface area (Å²) in [4.78, 5) is 2.53. The molecule has 2 rings (SSSR count). The van der Waals surface area contributed by atoms with Gasteiger partial charge in [0.2, 0.25) is 0 Å². The van der Waals surface area contributed by atoms with Crippen LogP contribution in [0.3, 0.4) is 0 Å². The van der Waals surface area contributed by atoms with E-state index in [2.05, 4.69) is 24.2 Å². The Kier molecular flexibility index (Phi) is 4.79. The zero-order chi connectivity index (χ0) is 12.3. The van der Waals surface area contributed by atoms with E-state index in [9.17, 15) is 5.11 Å². The summed E-state index contributed by atoms with van der Waals surface area (Å²) in [5, 5.41) is 12.6. The molecular weight excluding hydrogens is 216 g/mol. The van der Waals surface area contributed by atoms with Gasteiger partial charge in [-0.25, -0.2) is 0 Å². The SMILES string of the molecule is CNC1CCC(N2CC(C)OC(CO)C2)CC1. The fourth-order valence-electron chi connectivity index (χ4n) is 3.21. The molecule has 1 aliphatic heterocycles. The normalized spacial score (nSPS) is 40.4. The van der Waals surface area contributed by atoms with Crippen molar-refractivity contribution < 1.29 is 9.84 Å². The molecule has 2 atom stereocenters. The van der Waals surface area contributed by atoms with Gasteiger partial charge >= 0.3 is 0 Å². The van der Waals surface area contributed by atoms with Gasteiger partial charge in [-0.1, -0.05) is 0 Å². The van der Waals surface area contributed by atoms with Crippen LogP contribution in [0.4, 0.5) is 0 Å². The summed E-state index contributed by atoms with van der Waals surface area (Å²) in [6.07, 6.45) is 5.36. The van der Waals surface area contributed by atoms with Crippen LogP contribution >= 0.6 is 0 Å². The molecule has 2 unspecified atom stereocenters. The second-order valence-electron chi connectivity index (χ2n) is 5.50. The summed E-state index contributed by atoms with van der Waals surface area (Å²) in [6.45, 7) is 4.17. The summed E-state index contributed by atoms with van der Waals surface area (Å²) in [5.41, 5.74) is 0. The summed E-state index contributed by atoms with van der Waals surface area (Å²) < 4.78 is 5.69. The minimum atomic E-state index is 0.0146. The van der Waals surface area contributed by atoms with Crippen LogP contribution in [0.15, 0.2) is 0 Å². The number of hydrogen-bond donors (Lipinski definition) is 2. The molecule has 0 aromatic heterocycles. The van der Waals surface area contributed by atoms with E-state index in [0.717, 1.165) is 13.1 Å². The largest absolute Gasteiger partial charge is 0.394 e. The lowest BCUT2D eigenvalue weighted by Gasteiger charge is -2.43. The van der Waals surface area contributed by atoms with Crippen LogP contribution in [0.1, 0.15) is 32.6 Å². The number of hydrogen-bond acceptors (Lipinski definition) is 4. The van der Waals surface area contributed by atoms with Gasteiger partial charge in [-0.05, 0) is 39.7 Å². The third-order valence-electron chi connectivity index (χ3n) is 4.18. The maximum atomic E-state index is 9.24. The topological polar surface area (TPSA) is 44.7 Å². The second kappa shape index (κ2) is 6.14. The van der Waals surface area contributed by atoms with E-state index in [-0.39, 0.29) is 18.8 Å². The molecule has 2 fully saturated rings. The van der Waals surface area contributed by atoms with E-state index in [1.54, 1.807) is 0 Å². The molecule has 0 aromatic carbocycles. The molecule has 17 heavy (non-hydrogen) atoms. The third kappa shape index (κ3) is 3.41. The molecule has 0 aromatic rings. The van der Waals surface area contributed by atoms with E-state index in [1.165, 1.54) is 25.7 Å². The molecule has 100 valence electrons. The van der Waals surface area contributed by atoms with Gasteiger partial charge in [0.15, 0.2) is 0 Å². The number of aliphatic hydroxyl groups is 1. The Morgan fingerprint density at radius 3 is 2.53 bits per heavy atom. The fraction of sp³-hybridized carbons (Fsp3) is 1.00. The fourth-order valence-corrected chi connectivity index (χ4v) is 3.21. The van der Waals surface area contributed by atoms with Crippen molar-refractivity contribution in [1.82, 2.24) is 10.2 Å². The highest BCUT2D eigenvalue weighted by Crippen LogP contribution is 2.25. The van der Waals surface area contributed by atoms with Gasteiger partial charge in [0.25, 0.3) is 0 Å². The molecule has 1 heterocycles. The standard InChI is InChI=1S/C13H26N2O2/c1-10-7-15(8-13(9-16)17-10)12-5-3-11(14-2)4-6-12/h10-14,16H,3-9H2,1-2H3. The van der Waals surface area contributed by atoms with Crippen molar-refractivity contribution in [3.8, 4) is 0 Å². The number of ether oxygens (including phenoxy) is 1. The van der Waals surface area contributed by atoms with E-state index in [1.807, 2.05) is 0 Å². The average molecular weight is 242 g/mol. The monoisotopic (exact) mass is 242 g/mol. The Labute approximate surface area is 104 Å². The summed E-state index contributed by atoms with van der Waals surface area (Å²) >= 11 is 0. The highest BCUT2D eigenvalue weighted by Gasteiger charge is 2.31. The summed E-state index contributed by atoms with van der Waals surface area (Å²) in [5.74, 6) is 0. The minimum Gasteiger partial charge on any atom is -0.394 e. The van der Waals surface area contributed by atoms with Crippen molar-refractivity contribution in [3.63, 3.8) is 0 Å². The molecule has 0 spiro atoms. The first-order valence-electron chi connectivity index (χ1n) is 6.90. The molecule has 0 radical (unpaired) electrons. The first kappa shape index (κ1) is 13.3. The van der Waals surface area contributed by atoms with Crippen LogP contribution in [-0.4, -0.2) is 61.0 Å². The lowest BCUT2D eigenvalue weighted by atomic mass is 9.89. The van der Waals surface area contributed by atoms with Gasteiger partial charge in [0, 0.05) is 25.2 Å². The lowest BCUT2D eigenvalue weighted by molar-refractivity contribution is -0.108. The van der Waals surface area contributed by atoms with Gasteiger partial charge < -0.3 is 15.2 Å². The van der Waals surface area contributed by atoms with Gasteiger partial charge in [-0.3, -0.25) is 4.90 Å². The smallest absolute Gasteiger partial charge is 0.0936 e. The molecule has 4 nitrogen and oxygen atoms in total. The van der Waals surface area contributed by atoms with Crippen LogP contribution in [0, 0.1) is 0 Å². The van der Waals surface area contributed by atoms with Crippen molar-refractivity contribution in [2.45, 2.75) is 56.9 Å². The predicted octanol–water partition coefficient (Wildman–Crippen LogP) is 0.599. The van der Waals surface area contributed by atoms with Gasteiger partial charge in [-0.15, -0.1) is 0 Å². The Morgan fingerprint density at radius 2 is 1.94 bits per heavy atom. The first-order chi connectivity index (χ1) is 8.22. The molecule has 0 amide bonds. The number of rotatable bonds is 3. The molecule has 2 aliphatic rings. The molecule has 1 aliphatic carbocycles. The Hall–Kier alpha value is -0.160. The third-order valence-corrected chi connectivity index (χ3v) is 4.18. The van der Waals surface area contributed by atoms with E-state index in [0.29, 0.717) is 12.1 Å². The van der Waals surface area contributed by atoms with Crippen LogP contribution in [0.25, 0.3) is 0 Å². The maximum Gasteiger partial charge on any atom is 0.0936 e. The molecular formula is C13H26N2O2. The van der Waals surface area contributed by atoms with Crippen LogP contribution in [-0.2, 0) is 4.74 Å². The van der Waals surface area contributed by atoms with Crippen LogP contribution < -0.4 is 5.32 Å². The number of nitrogens with zero attached hydrogens (tertiary/aromatic N) is 1. The molecule has 1 saturated heterocycles. The van der Waals surface area contributed by atoms with Crippen molar-refractivity contribution in [3.05, 3.63) is 0 Å². The van der Waals surface area contributed by atoms with Crippen molar-refractivity contribution >= 4 is 0 Å². The molecule has 1 saturated carbocycles. The quantitative estimate of drug-likeness (QED) is 0.761.